The van der Waals surface area contributed by atoms with Gasteiger partial charge in [0, 0.05) is 13.7 Å². The zero-order valence-electron chi connectivity index (χ0n) is 7.58. The van der Waals surface area contributed by atoms with Crippen LogP contribution in [0.15, 0.2) is 0 Å². The van der Waals surface area contributed by atoms with Crippen LogP contribution in [-0.4, -0.2) is 38.0 Å². The van der Waals surface area contributed by atoms with Crippen LogP contribution < -0.4 is 0 Å². The number of aliphatic carboxylic acids is 1. The zero-order valence-corrected chi connectivity index (χ0v) is 7.58. The summed E-state index contributed by atoms with van der Waals surface area (Å²) in [5.41, 5.74) is 0. The van der Waals surface area contributed by atoms with Gasteiger partial charge in [0.05, 0.1) is 19.1 Å². The Morgan fingerprint density at radius 3 is 2.58 bits per heavy atom. The first-order valence-electron chi connectivity index (χ1n) is 3.98. The first kappa shape index (κ1) is 11.4. The third kappa shape index (κ3) is 6.12. The van der Waals surface area contributed by atoms with Crippen LogP contribution in [0.2, 0.25) is 0 Å². The van der Waals surface area contributed by atoms with Gasteiger partial charge in [-0.05, 0) is 6.42 Å². The van der Waals surface area contributed by atoms with E-state index in [1.165, 1.54) is 0 Å². The molecule has 0 aromatic carbocycles. The highest BCUT2D eigenvalue weighted by molar-refractivity contribution is 5.69. The number of hydrogen-bond acceptors (Lipinski definition) is 3. The summed E-state index contributed by atoms with van der Waals surface area (Å²) in [6.07, 6.45) is 0.555. The summed E-state index contributed by atoms with van der Waals surface area (Å²) >= 11 is 0. The molecule has 1 N–H and O–H groups in total. The molecule has 0 aromatic rings. The summed E-state index contributed by atoms with van der Waals surface area (Å²) in [5, 5.41) is 8.50. The van der Waals surface area contributed by atoms with E-state index < -0.39 is 5.97 Å². The summed E-state index contributed by atoms with van der Waals surface area (Å²) in [6.45, 7) is 3.24. The van der Waals surface area contributed by atoms with E-state index in [1.54, 1.807) is 14.0 Å². The summed E-state index contributed by atoms with van der Waals surface area (Å²) in [6, 6.07) is 0. The lowest BCUT2D eigenvalue weighted by Gasteiger charge is -2.06. The molecule has 4 heteroatoms. The normalized spacial score (nSPS) is 12.8. The highest BCUT2D eigenvalue weighted by atomic mass is 16.5. The molecule has 0 fully saturated rings. The predicted molar refractivity (Wildman–Crippen MR) is 44.1 cm³/mol. The van der Waals surface area contributed by atoms with E-state index >= 15 is 0 Å². The van der Waals surface area contributed by atoms with Crippen molar-refractivity contribution in [1.82, 2.24) is 0 Å². The van der Waals surface area contributed by atoms with E-state index in [4.69, 9.17) is 14.6 Å². The smallest absolute Gasteiger partial charge is 0.306 e. The average Bonchev–Trinajstić information content (AvgIpc) is 2.03. The fourth-order valence-electron chi connectivity index (χ4n) is 0.628. The Labute approximate surface area is 72.5 Å². The van der Waals surface area contributed by atoms with Crippen LogP contribution in [0.5, 0.6) is 0 Å². The van der Waals surface area contributed by atoms with Crippen molar-refractivity contribution in [3.05, 3.63) is 0 Å². The molecule has 0 amide bonds. The Balaban J connectivity index is 3.14. The van der Waals surface area contributed by atoms with Gasteiger partial charge >= 0.3 is 5.97 Å². The molecule has 0 spiro atoms. The maximum atomic E-state index is 10.3. The Morgan fingerprint density at radius 2 is 2.08 bits per heavy atom. The maximum Gasteiger partial charge on any atom is 0.306 e. The number of hydrogen-bond donors (Lipinski definition) is 1. The molecule has 0 rings (SSSR count). The molecule has 4 nitrogen and oxygen atoms in total. The van der Waals surface area contributed by atoms with Crippen LogP contribution in [-0.2, 0) is 14.3 Å². The summed E-state index contributed by atoms with van der Waals surface area (Å²) < 4.78 is 9.86. The van der Waals surface area contributed by atoms with Crippen molar-refractivity contribution in [2.45, 2.75) is 13.3 Å². The third-order valence-corrected chi connectivity index (χ3v) is 1.55. The van der Waals surface area contributed by atoms with Crippen molar-refractivity contribution in [3.8, 4) is 0 Å². The molecule has 0 saturated heterocycles. The predicted octanol–water partition coefficient (Wildman–Crippen LogP) is 0.760. The first-order chi connectivity index (χ1) is 5.68. The molecule has 0 heterocycles. The number of methoxy groups -OCH3 is 1. The number of carboxylic acids is 1. The van der Waals surface area contributed by atoms with Crippen LogP contribution in [0.1, 0.15) is 13.3 Å². The van der Waals surface area contributed by atoms with Gasteiger partial charge in [0.15, 0.2) is 0 Å². The minimum atomic E-state index is -0.773. The molecular weight excluding hydrogens is 160 g/mol. The molecule has 0 aliphatic rings. The molecule has 1 atom stereocenters. The first-order valence-corrected chi connectivity index (χ1v) is 3.98. The molecule has 0 aliphatic carbocycles. The van der Waals surface area contributed by atoms with Crippen LogP contribution in [0.4, 0.5) is 0 Å². The summed E-state index contributed by atoms with van der Waals surface area (Å²) in [5.74, 6) is -1.10. The van der Waals surface area contributed by atoms with Gasteiger partial charge in [0.25, 0.3) is 0 Å². The van der Waals surface area contributed by atoms with Crippen molar-refractivity contribution in [2.75, 3.05) is 26.9 Å². The lowest BCUT2D eigenvalue weighted by molar-refractivity contribution is -0.141. The highest BCUT2D eigenvalue weighted by Gasteiger charge is 2.09. The Bertz CT molecular complexity index is 124. The van der Waals surface area contributed by atoms with Crippen LogP contribution in [0.25, 0.3) is 0 Å². The number of ether oxygens (including phenoxy) is 2. The number of rotatable bonds is 7. The molecule has 0 radical (unpaired) electrons. The van der Waals surface area contributed by atoms with Crippen molar-refractivity contribution in [1.29, 1.82) is 0 Å². The van der Waals surface area contributed by atoms with Gasteiger partial charge in [-0.1, -0.05) is 6.92 Å². The van der Waals surface area contributed by atoms with Gasteiger partial charge in [0.1, 0.15) is 0 Å². The van der Waals surface area contributed by atoms with Crippen molar-refractivity contribution in [3.63, 3.8) is 0 Å². The Morgan fingerprint density at radius 1 is 1.42 bits per heavy atom. The van der Waals surface area contributed by atoms with Gasteiger partial charge in [-0.3, -0.25) is 4.79 Å². The van der Waals surface area contributed by atoms with Crippen LogP contribution in [0.3, 0.4) is 0 Å². The van der Waals surface area contributed by atoms with Crippen molar-refractivity contribution in [2.24, 2.45) is 5.92 Å². The van der Waals surface area contributed by atoms with E-state index in [0.717, 1.165) is 0 Å². The van der Waals surface area contributed by atoms with E-state index in [1.807, 2.05) is 0 Å². The van der Waals surface area contributed by atoms with E-state index in [0.29, 0.717) is 26.2 Å². The van der Waals surface area contributed by atoms with Gasteiger partial charge in [-0.2, -0.15) is 0 Å². The number of carbonyl (C=O) groups is 1. The molecule has 0 bridgehead atoms. The van der Waals surface area contributed by atoms with E-state index in [2.05, 4.69) is 0 Å². The Kier molecular flexibility index (Phi) is 6.70. The maximum absolute atomic E-state index is 10.3. The standard InChI is InChI=1S/C8H16O4/c1-7(8(9)10)3-4-12-6-5-11-2/h7H,3-6H2,1-2H3,(H,9,10). The highest BCUT2D eigenvalue weighted by Crippen LogP contribution is 2.00. The van der Waals surface area contributed by atoms with Gasteiger partial charge in [-0.25, -0.2) is 0 Å². The average molecular weight is 176 g/mol. The molecule has 0 aliphatic heterocycles. The van der Waals surface area contributed by atoms with Crippen molar-refractivity contribution < 1.29 is 19.4 Å². The van der Waals surface area contributed by atoms with E-state index in [-0.39, 0.29) is 5.92 Å². The molecule has 0 saturated carbocycles. The minimum absolute atomic E-state index is 0.326. The van der Waals surface area contributed by atoms with Crippen molar-refractivity contribution >= 4 is 5.97 Å². The van der Waals surface area contributed by atoms with Crippen LogP contribution >= 0.6 is 0 Å². The second-order valence-electron chi connectivity index (χ2n) is 2.63. The monoisotopic (exact) mass is 176 g/mol. The van der Waals surface area contributed by atoms with Gasteiger partial charge < -0.3 is 14.6 Å². The zero-order chi connectivity index (χ0) is 9.40. The van der Waals surface area contributed by atoms with Gasteiger partial charge in [0.2, 0.25) is 0 Å². The topological polar surface area (TPSA) is 55.8 Å². The number of carboxylic acid groups (broad SMARTS) is 1. The quantitative estimate of drug-likeness (QED) is 0.582. The molecule has 72 valence electrons. The lowest BCUT2D eigenvalue weighted by atomic mass is 10.1. The summed E-state index contributed by atoms with van der Waals surface area (Å²) in [4.78, 5) is 10.3. The largest absolute Gasteiger partial charge is 0.481 e. The molecule has 0 aromatic heterocycles. The van der Waals surface area contributed by atoms with Crippen LogP contribution in [0, 0.1) is 5.92 Å². The Hall–Kier alpha value is -0.610. The van der Waals surface area contributed by atoms with Gasteiger partial charge in [-0.15, -0.1) is 0 Å². The minimum Gasteiger partial charge on any atom is -0.481 e. The fraction of sp³-hybridized carbons (Fsp3) is 0.875. The SMILES string of the molecule is COCCOCCC(C)C(=O)O. The van der Waals surface area contributed by atoms with E-state index in [9.17, 15) is 4.79 Å². The fourth-order valence-corrected chi connectivity index (χ4v) is 0.628. The molecular formula is C8H16O4. The second kappa shape index (κ2) is 7.06. The lowest BCUT2D eigenvalue weighted by Crippen LogP contribution is -2.13. The molecule has 1 unspecified atom stereocenters. The third-order valence-electron chi connectivity index (χ3n) is 1.55. The molecule has 12 heavy (non-hydrogen) atoms. The second-order valence-corrected chi connectivity index (χ2v) is 2.63. The summed E-state index contributed by atoms with van der Waals surface area (Å²) in [7, 11) is 1.60.